The molecule has 0 saturated heterocycles. The number of fused-ring (bicyclic) bond motifs is 6. The molecule has 2 aliphatic carbocycles. The molecule has 2 saturated carbocycles. The summed E-state index contributed by atoms with van der Waals surface area (Å²) in [6.45, 7) is 8.18. The molecule has 7 heterocycles. The average molecular weight is 957 g/mol. The normalized spacial score (nSPS) is 21.0. The van der Waals surface area contributed by atoms with E-state index in [1.165, 1.54) is 19.3 Å². The molecule has 21 heteroatoms. The summed E-state index contributed by atoms with van der Waals surface area (Å²) in [5.74, 6) is 2.76. The van der Waals surface area contributed by atoms with Crippen molar-refractivity contribution in [2.24, 2.45) is 17.6 Å². The van der Waals surface area contributed by atoms with Crippen LogP contribution in [0.3, 0.4) is 0 Å². The van der Waals surface area contributed by atoms with E-state index in [0.29, 0.717) is 50.3 Å². The third kappa shape index (κ3) is 7.80. The first kappa shape index (κ1) is 44.2. The lowest BCUT2D eigenvalue weighted by Crippen LogP contribution is -2.15. The lowest BCUT2D eigenvalue weighted by atomic mass is 9.93. The smallest absolute Gasteiger partial charge is 0.269 e. The van der Waals surface area contributed by atoms with E-state index in [0.717, 1.165) is 66.4 Å². The van der Waals surface area contributed by atoms with E-state index < -0.39 is 20.0 Å². The molecule has 0 bridgehead atoms. The minimum atomic E-state index is -3.82. The van der Waals surface area contributed by atoms with Gasteiger partial charge in [0.2, 0.25) is 0 Å². The molecular formula is C46H48N14O4S3. The third-order valence-corrected chi connectivity index (χ3v) is 17.6. The lowest BCUT2D eigenvalue weighted by Gasteiger charge is -2.16. The average Bonchev–Trinajstić information content (AvgIpc) is 4.19. The molecule has 344 valence electrons. The highest BCUT2D eigenvalue weighted by molar-refractivity contribution is 7.90. The topological polar surface area (TPSA) is 239 Å². The van der Waals surface area contributed by atoms with E-state index in [1.807, 2.05) is 22.6 Å². The Balaban J connectivity index is 0.000000160. The van der Waals surface area contributed by atoms with Crippen molar-refractivity contribution in [2.45, 2.75) is 99.9 Å². The summed E-state index contributed by atoms with van der Waals surface area (Å²) in [6, 6.07) is 19.6. The number of hydrogen-bond acceptors (Lipinski definition) is 15. The zero-order valence-corrected chi connectivity index (χ0v) is 39.6. The molecule has 11 rings (SSSR count). The summed E-state index contributed by atoms with van der Waals surface area (Å²) in [4.78, 5) is 14.2. The van der Waals surface area contributed by atoms with Gasteiger partial charge in [-0.05, 0) is 87.8 Å². The van der Waals surface area contributed by atoms with Crippen molar-refractivity contribution in [1.29, 1.82) is 5.26 Å². The molecule has 0 unspecified atom stereocenters. The number of aryl methyl sites for hydroxylation is 2. The fourth-order valence-corrected chi connectivity index (χ4v) is 13.2. The van der Waals surface area contributed by atoms with Gasteiger partial charge >= 0.3 is 0 Å². The van der Waals surface area contributed by atoms with Crippen LogP contribution < -0.4 is 11.1 Å². The molecule has 0 radical (unpaired) electrons. The Labute approximate surface area is 390 Å². The number of anilines is 1. The lowest BCUT2D eigenvalue weighted by molar-refractivity contribution is 0.450. The number of nitrogens with two attached hydrogens (primary N) is 1. The fraction of sp³-hybridized carbons (Fsp3) is 0.348. The highest BCUT2D eigenvalue weighted by Gasteiger charge is 2.39. The number of rotatable bonds is 10. The van der Waals surface area contributed by atoms with Gasteiger partial charge in [-0.15, -0.1) is 20.4 Å². The molecule has 67 heavy (non-hydrogen) atoms. The summed E-state index contributed by atoms with van der Waals surface area (Å²) >= 11 is 1.35. The first-order valence-corrected chi connectivity index (χ1v) is 25.9. The van der Waals surface area contributed by atoms with E-state index in [2.05, 4.69) is 60.6 Å². The van der Waals surface area contributed by atoms with Gasteiger partial charge in [-0.3, -0.25) is 8.80 Å². The molecule has 7 aromatic heterocycles. The standard InChI is InChI=1S/C25H24N8O2S2.C21H24N6O2S/c1-3-16-10-17(29-25-28-13-18(12-26)36-25)11-20(16)23-31-30-22-14-27-24-21(33(22)23)8-9-32(24)37(34,35)19-6-4-15(2)5-7-19;1-3-14-10-15(22)11-17(14)20-25-24-19-12-23-21-18(27(19)20)8-9-26(21)30(28,29)16-6-4-13(2)5-7-16/h4-9,13-14,16-17,20H,3,10-11H2,1-2H3,(H,28,29);4-9,12,14-15,17H,3,10-11,22H2,1-2H3/t16-,17+,20+;14-,15+,17+/m11/s1. The fourth-order valence-electron chi connectivity index (χ4n) is 9.93. The minimum absolute atomic E-state index is 0.121. The quantitative estimate of drug-likeness (QED) is 0.138. The second kappa shape index (κ2) is 17.2. The number of thiazole rings is 1. The van der Waals surface area contributed by atoms with Crippen molar-refractivity contribution in [3.05, 3.63) is 119 Å². The Kier molecular flexibility index (Phi) is 11.4. The largest absolute Gasteiger partial charge is 0.359 e. The van der Waals surface area contributed by atoms with Crippen LogP contribution in [0.25, 0.3) is 33.6 Å². The summed E-state index contributed by atoms with van der Waals surface area (Å²) in [5.41, 5.74) is 11.4. The van der Waals surface area contributed by atoms with Crippen molar-refractivity contribution in [3.63, 3.8) is 0 Å². The van der Waals surface area contributed by atoms with Crippen molar-refractivity contribution in [3.8, 4) is 6.07 Å². The zero-order valence-electron chi connectivity index (χ0n) is 37.2. The first-order chi connectivity index (χ1) is 32.3. The van der Waals surface area contributed by atoms with Crippen molar-refractivity contribution in [2.75, 3.05) is 5.32 Å². The van der Waals surface area contributed by atoms with E-state index in [-0.39, 0.29) is 33.7 Å². The molecule has 2 aromatic carbocycles. The molecule has 6 atom stereocenters. The molecular weight excluding hydrogens is 909 g/mol. The van der Waals surface area contributed by atoms with Crippen LogP contribution in [0.2, 0.25) is 0 Å². The Bertz CT molecular complexity index is 3570. The second-order valence-electron chi connectivity index (χ2n) is 17.5. The van der Waals surface area contributed by atoms with Crippen molar-refractivity contribution < 1.29 is 16.8 Å². The second-order valence-corrected chi connectivity index (χ2v) is 22.2. The minimum Gasteiger partial charge on any atom is -0.359 e. The Morgan fingerprint density at radius 2 is 1.16 bits per heavy atom. The number of hydrogen-bond donors (Lipinski definition) is 2. The van der Waals surface area contributed by atoms with Gasteiger partial charge in [0.15, 0.2) is 27.7 Å². The molecule has 3 N–H and O–H groups in total. The maximum Gasteiger partial charge on any atom is 0.269 e. The number of benzene rings is 2. The van der Waals surface area contributed by atoms with Gasteiger partial charge in [-0.25, -0.2) is 39.7 Å². The van der Waals surface area contributed by atoms with Crippen molar-refractivity contribution in [1.82, 2.24) is 52.1 Å². The van der Waals surface area contributed by atoms with Crippen LogP contribution in [0, 0.1) is 37.0 Å². The monoisotopic (exact) mass is 956 g/mol. The maximum absolute atomic E-state index is 13.4. The van der Waals surface area contributed by atoms with Crippen LogP contribution in [0.15, 0.2) is 101 Å². The van der Waals surface area contributed by atoms with E-state index >= 15 is 0 Å². The van der Waals surface area contributed by atoms with E-state index in [1.54, 1.807) is 91.6 Å². The highest BCUT2D eigenvalue weighted by Crippen LogP contribution is 2.43. The Morgan fingerprint density at radius 3 is 1.64 bits per heavy atom. The van der Waals surface area contributed by atoms with Crippen LogP contribution in [-0.4, -0.2) is 81.0 Å². The Morgan fingerprint density at radius 1 is 0.672 bits per heavy atom. The molecule has 2 fully saturated rings. The summed E-state index contributed by atoms with van der Waals surface area (Å²) in [6.07, 6.45) is 13.4. The van der Waals surface area contributed by atoms with Crippen molar-refractivity contribution >= 4 is 70.1 Å². The summed E-state index contributed by atoms with van der Waals surface area (Å²) in [5, 5.41) is 31.0. The molecule has 9 aromatic rings. The van der Waals surface area contributed by atoms with Crippen LogP contribution in [0.1, 0.15) is 91.9 Å². The molecule has 18 nitrogen and oxygen atoms in total. The SMILES string of the molecule is CC[C@@H]1C[C@H](N)C[C@@H]1c1nnc2cnc3c(ccn3S(=O)(=O)c3ccc(C)cc3)n12.CC[C@@H]1C[C@H](Nc2ncc(C#N)s2)C[C@@H]1c1nnc2cnc3c(ccn3S(=O)(=O)c3ccc(C)cc3)n12. The van der Waals surface area contributed by atoms with Gasteiger partial charge in [0, 0.05) is 36.3 Å². The maximum atomic E-state index is 13.4. The third-order valence-electron chi connectivity index (χ3n) is 13.4. The van der Waals surface area contributed by atoms with Crippen LogP contribution >= 0.6 is 11.3 Å². The number of aromatic nitrogens is 11. The summed E-state index contributed by atoms with van der Waals surface area (Å²) < 4.78 is 59.7. The number of nitrogens with one attached hydrogen (secondary N) is 1. The van der Waals surface area contributed by atoms with E-state index in [4.69, 9.17) is 11.0 Å². The van der Waals surface area contributed by atoms with Gasteiger partial charge < -0.3 is 11.1 Å². The van der Waals surface area contributed by atoms with Gasteiger partial charge in [0.05, 0.1) is 39.4 Å². The van der Waals surface area contributed by atoms with E-state index in [9.17, 15) is 16.8 Å². The Hall–Kier alpha value is -6.60. The highest BCUT2D eigenvalue weighted by atomic mass is 32.2. The van der Waals surface area contributed by atoms with Gasteiger partial charge in [-0.1, -0.05) is 73.4 Å². The number of nitriles is 1. The molecule has 0 spiro atoms. The summed E-state index contributed by atoms with van der Waals surface area (Å²) in [7, 11) is -7.59. The molecule has 2 aliphatic rings. The van der Waals surface area contributed by atoms with Crippen LogP contribution in [0.5, 0.6) is 0 Å². The number of nitrogens with zero attached hydrogens (tertiary/aromatic N) is 12. The van der Waals surface area contributed by atoms with Gasteiger partial charge in [0.25, 0.3) is 20.0 Å². The zero-order chi connectivity index (χ0) is 46.8. The van der Waals surface area contributed by atoms with Crippen LogP contribution in [0.4, 0.5) is 5.13 Å². The van der Waals surface area contributed by atoms with Gasteiger partial charge in [-0.2, -0.15) is 5.26 Å². The predicted octanol–water partition coefficient (Wildman–Crippen LogP) is 7.19. The molecule has 0 aliphatic heterocycles. The first-order valence-electron chi connectivity index (χ1n) is 22.2. The molecule has 0 amide bonds. The van der Waals surface area contributed by atoms with Crippen LogP contribution in [-0.2, 0) is 20.0 Å². The van der Waals surface area contributed by atoms with Gasteiger partial charge in [0.1, 0.15) is 22.6 Å². The predicted molar refractivity (Wildman–Crippen MR) is 254 cm³/mol.